The van der Waals surface area contributed by atoms with Crippen LogP contribution in [0.1, 0.15) is 23.3 Å². The molecule has 2 aliphatic rings. The molecule has 5 rings (SSSR count). The molecule has 3 aromatic rings. The van der Waals surface area contributed by atoms with Gasteiger partial charge in [0, 0.05) is 30.8 Å². The number of amides is 2. The fraction of sp³-hybridized carbons (Fsp3) is 0.292. The lowest BCUT2D eigenvalue weighted by Crippen LogP contribution is -2.41. The van der Waals surface area contributed by atoms with Crippen molar-refractivity contribution in [2.24, 2.45) is 5.92 Å². The Hall–Kier alpha value is -4.01. The van der Waals surface area contributed by atoms with E-state index in [9.17, 15) is 9.59 Å². The molecule has 1 N–H and O–H groups in total. The minimum atomic E-state index is -0.198. The van der Waals surface area contributed by atoms with E-state index in [1.165, 1.54) is 7.11 Å². The third-order valence-electron chi connectivity index (χ3n) is 5.92. The van der Waals surface area contributed by atoms with Crippen LogP contribution in [0.4, 0.5) is 5.69 Å². The number of hydrogen-bond donors (Lipinski definition) is 1. The van der Waals surface area contributed by atoms with E-state index >= 15 is 0 Å². The van der Waals surface area contributed by atoms with Crippen LogP contribution in [-0.4, -0.2) is 53.5 Å². The number of carbonyl (C=O) groups excluding carboxylic acids is 2. The second-order valence-corrected chi connectivity index (χ2v) is 7.95. The fourth-order valence-electron chi connectivity index (χ4n) is 4.08. The van der Waals surface area contributed by atoms with Gasteiger partial charge in [-0.05, 0) is 37.1 Å². The smallest absolute Gasteiger partial charge is 0.278 e. The zero-order valence-electron chi connectivity index (χ0n) is 18.2. The number of nitrogens with one attached hydrogen (secondary N) is 1. The molecule has 0 bridgehead atoms. The summed E-state index contributed by atoms with van der Waals surface area (Å²) < 4.78 is 17.7. The van der Waals surface area contributed by atoms with Crippen molar-refractivity contribution >= 4 is 17.5 Å². The molecule has 0 atom stereocenters. The highest BCUT2D eigenvalue weighted by Gasteiger charge is 2.31. The van der Waals surface area contributed by atoms with Crippen LogP contribution in [-0.2, 0) is 4.79 Å². The van der Waals surface area contributed by atoms with E-state index in [0.29, 0.717) is 48.9 Å². The molecule has 9 nitrogen and oxygen atoms in total. The summed E-state index contributed by atoms with van der Waals surface area (Å²) in [4.78, 5) is 27.6. The molecule has 33 heavy (non-hydrogen) atoms. The lowest BCUT2D eigenvalue weighted by molar-refractivity contribution is -0.121. The molecule has 1 aromatic heterocycles. The molecule has 2 aliphatic heterocycles. The molecular formula is C24H24N4O5. The Kier molecular flexibility index (Phi) is 5.60. The maximum atomic E-state index is 13.1. The summed E-state index contributed by atoms with van der Waals surface area (Å²) in [7, 11) is 1.52. The number of aromatic nitrogens is 2. The quantitative estimate of drug-likeness (QED) is 0.645. The maximum Gasteiger partial charge on any atom is 0.278 e. The zero-order valence-corrected chi connectivity index (χ0v) is 18.2. The molecule has 0 aliphatic carbocycles. The Labute approximate surface area is 190 Å². The standard InChI is InChI=1S/C24H24N4O5/c1-31-21-14-28(18-5-3-2-4-6-18)26-22(21)24(30)27-11-9-16(10-12-27)23(29)25-17-7-8-19-20(13-17)33-15-32-19/h2-8,13-14,16H,9-12,15H2,1H3,(H,25,29). The summed E-state index contributed by atoms with van der Waals surface area (Å²) in [6.45, 7) is 1.13. The number of likely N-dealkylation sites (tertiary alicyclic amines) is 1. The topological polar surface area (TPSA) is 94.9 Å². The largest absolute Gasteiger partial charge is 0.493 e. The number of rotatable bonds is 5. The Balaban J connectivity index is 1.21. The monoisotopic (exact) mass is 448 g/mol. The number of methoxy groups -OCH3 is 1. The van der Waals surface area contributed by atoms with Crippen molar-refractivity contribution in [3.05, 3.63) is 60.4 Å². The van der Waals surface area contributed by atoms with Crippen molar-refractivity contribution in [2.75, 3.05) is 32.3 Å². The van der Waals surface area contributed by atoms with Gasteiger partial charge in [-0.15, -0.1) is 0 Å². The molecule has 1 fully saturated rings. The second kappa shape index (κ2) is 8.85. The minimum Gasteiger partial charge on any atom is -0.493 e. The Morgan fingerprint density at radius 3 is 2.58 bits per heavy atom. The van der Waals surface area contributed by atoms with Crippen LogP contribution in [0, 0.1) is 5.92 Å². The minimum absolute atomic E-state index is 0.0631. The van der Waals surface area contributed by atoms with Crippen molar-refractivity contribution in [3.63, 3.8) is 0 Å². The van der Waals surface area contributed by atoms with Gasteiger partial charge in [0.15, 0.2) is 22.9 Å². The highest BCUT2D eigenvalue weighted by Crippen LogP contribution is 2.34. The summed E-state index contributed by atoms with van der Waals surface area (Å²) in [5.41, 5.74) is 1.78. The normalized spacial score (nSPS) is 15.4. The molecule has 170 valence electrons. The highest BCUT2D eigenvalue weighted by atomic mass is 16.7. The predicted molar refractivity (Wildman–Crippen MR) is 120 cm³/mol. The number of benzene rings is 2. The van der Waals surface area contributed by atoms with Gasteiger partial charge in [0.1, 0.15) is 0 Å². The molecule has 0 radical (unpaired) electrons. The molecule has 0 unspecified atom stereocenters. The number of fused-ring (bicyclic) bond motifs is 1. The molecule has 0 spiro atoms. The van der Waals surface area contributed by atoms with Gasteiger partial charge in [-0.1, -0.05) is 18.2 Å². The van der Waals surface area contributed by atoms with E-state index < -0.39 is 0 Å². The molecule has 3 heterocycles. The molecule has 2 amide bonds. The zero-order chi connectivity index (χ0) is 22.8. The first kappa shape index (κ1) is 20.9. The van der Waals surface area contributed by atoms with Crippen LogP contribution >= 0.6 is 0 Å². The van der Waals surface area contributed by atoms with E-state index in [-0.39, 0.29) is 30.2 Å². The summed E-state index contributed by atoms with van der Waals surface area (Å²) >= 11 is 0. The Morgan fingerprint density at radius 1 is 1.06 bits per heavy atom. The number of ether oxygens (including phenoxy) is 3. The van der Waals surface area contributed by atoms with Gasteiger partial charge in [0.05, 0.1) is 19.0 Å². The first-order chi connectivity index (χ1) is 16.1. The predicted octanol–water partition coefficient (Wildman–Crippen LogP) is 3.10. The number of para-hydroxylation sites is 1. The molecule has 2 aromatic carbocycles. The van der Waals surface area contributed by atoms with Crippen LogP contribution in [0.15, 0.2) is 54.7 Å². The van der Waals surface area contributed by atoms with E-state index in [1.807, 2.05) is 30.3 Å². The van der Waals surface area contributed by atoms with E-state index in [0.717, 1.165) is 5.69 Å². The first-order valence-corrected chi connectivity index (χ1v) is 10.8. The summed E-state index contributed by atoms with van der Waals surface area (Å²) in [6, 6.07) is 14.9. The third kappa shape index (κ3) is 4.21. The van der Waals surface area contributed by atoms with Crippen LogP contribution in [0.5, 0.6) is 17.2 Å². The van der Waals surface area contributed by atoms with Gasteiger partial charge in [-0.2, -0.15) is 5.10 Å². The van der Waals surface area contributed by atoms with E-state index in [4.69, 9.17) is 14.2 Å². The van der Waals surface area contributed by atoms with Crippen molar-refractivity contribution in [3.8, 4) is 22.9 Å². The van der Waals surface area contributed by atoms with Crippen LogP contribution in [0.2, 0.25) is 0 Å². The number of piperidine rings is 1. The number of hydrogen-bond acceptors (Lipinski definition) is 6. The lowest BCUT2D eigenvalue weighted by Gasteiger charge is -2.31. The van der Waals surface area contributed by atoms with Gasteiger partial charge >= 0.3 is 0 Å². The van der Waals surface area contributed by atoms with Crippen molar-refractivity contribution in [2.45, 2.75) is 12.8 Å². The number of nitrogens with zero attached hydrogens (tertiary/aromatic N) is 3. The van der Waals surface area contributed by atoms with E-state index in [1.54, 1.807) is 34.0 Å². The van der Waals surface area contributed by atoms with Crippen molar-refractivity contribution in [1.29, 1.82) is 0 Å². The average molecular weight is 448 g/mol. The van der Waals surface area contributed by atoms with Gasteiger partial charge < -0.3 is 24.4 Å². The molecule has 1 saturated heterocycles. The van der Waals surface area contributed by atoms with Crippen LogP contribution < -0.4 is 19.5 Å². The Bertz CT molecular complexity index is 1170. The Morgan fingerprint density at radius 2 is 1.82 bits per heavy atom. The summed E-state index contributed by atoms with van der Waals surface area (Å²) in [5.74, 6) is 1.28. The number of anilines is 1. The van der Waals surface area contributed by atoms with Crippen molar-refractivity contribution in [1.82, 2.24) is 14.7 Å². The summed E-state index contributed by atoms with van der Waals surface area (Å²) in [6.07, 6.45) is 2.85. The first-order valence-electron chi connectivity index (χ1n) is 10.8. The molecular weight excluding hydrogens is 424 g/mol. The third-order valence-corrected chi connectivity index (χ3v) is 5.92. The molecule has 9 heteroatoms. The van der Waals surface area contributed by atoms with Crippen LogP contribution in [0.25, 0.3) is 5.69 Å². The van der Waals surface area contributed by atoms with E-state index in [2.05, 4.69) is 10.4 Å². The second-order valence-electron chi connectivity index (χ2n) is 7.95. The van der Waals surface area contributed by atoms with Gasteiger partial charge in [0.25, 0.3) is 5.91 Å². The maximum absolute atomic E-state index is 13.1. The lowest BCUT2D eigenvalue weighted by atomic mass is 9.95. The van der Waals surface area contributed by atoms with Gasteiger partial charge in [-0.25, -0.2) is 4.68 Å². The van der Waals surface area contributed by atoms with Gasteiger partial charge in [0.2, 0.25) is 12.7 Å². The molecule has 0 saturated carbocycles. The highest BCUT2D eigenvalue weighted by molar-refractivity contribution is 5.96. The van der Waals surface area contributed by atoms with Crippen LogP contribution in [0.3, 0.4) is 0 Å². The van der Waals surface area contributed by atoms with Crippen molar-refractivity contribution < 1.29 is 23.8 Å². The summed E-state index contributed by atoms with van der Waals surface area (Å²) in [5, 5.41) is 7.41. The average Bonchev–Trinajstić information content (AvgIpc) is 3.51. The van der Waals surface area contributed by atoms with Gasteiger partial charge in [-0.3, -0.25) is 9.59 Å². The SMILES string of the molecule is COc1cn(-c2ccccc2)nc1C(=O)N1CCC(C(=O)Nc2ccc3c(c2)OCO3)CC1. The number of carbonyl (C=O) groups is 2. The fourth-order valence-corrected chi connectivity index (χ4v) is 4.08.